The maximum absolute atomic E-state index is 11.5. The van der Waals surface area contributed by atoms with Crippen molar-refractivity contribution in [1.82, 2.24) is 0 Å². The summed E-state index contributed by atoms with van der Waals surface area (Å²) in [6.07, 6.45) is 0.650. The zero-order valence-electron chi connectivity index (χ0n) is 10.6. The molecule has 0 aliphatic carbocycles. The minimum atomic E-state index is -2.95. The highest BCUT2D eigenvalue weighted by atomic mass is 35.5. The molecule has 0 bridgehead atoms. The van der Waals surface area contributed by atoms with Gasteiger partial charge in [0.25, 0.3) is 0 Å². The number of methoxy groups -OCH3 is 1. The first-order valence-electron chi connectivity index (χ1n) is 5.76. The minimum Gasteiger partial charge on any atom is -0.495 e. The smallest absolute Gasteiger partial charge is 0.152 e. The number of ether oxygens (including phenoxy) is 1. The standard InChI is InChI=1S/C12H18ClNO3S/c1-3-7-18(15,16)8-6-14-10-4-5-11(13)12(9-10)17-2/h4-5,9,14H,3,6-8H2,1-2H3. The highest BCUT2D eigenvalue weighted by Crippen LogP contribution is 2.27. The Morgan fingerprint density at radius 1 is 1.33 bits per heavy atom. The van der Waals surface area contributed by atoms with E-state index in [2.05, 4.69) is 5.32 Å². The van der Waals surface area contributed by atoms with E-state index in [-0.39, 0.29) is 11.5 Å². The number of hydrogen-bond donors (Lipinski definition) is 1. The van der Waals surface area contributed by atoms with Gasteiger partial charge in [0.05, 0.1) is 17.9 Å². The van der Waals surface area contributed by atoms with Crippen molar-refractivity contribution in [2.45, 2.75) is 13.3 Å². The van der Waals surface area contributed by atoms with Crippen molar-refractivity contribution in [3.63, 3.8) is 0 Å². The van der Waals surface area contributed by atoms with E-state index >= 15 is 0 Å². The number of anilines is 1. The molecule has 0 unspecified atom stereocenters. The predicted molar refractivity (Wildman–Crippen MR) is 75.4 cm³/mol. The molecular formula is C12H18ClNO3S. The maximum atomic E-state index is 11.5. The Balaban J connectivity index is 2.54. The molecule has 0 saturated heterocycles. The molecule has 0 atom stereocenters. The first-order chi connectivity index (χ1) is 8.48. The van der Waals surface area contributed by atoms with Crippen molar-refractivity contribution < 1.29 is 13.2 Å². The van der Waals surface area contributed by atoms with Crippen LogP contribution in [0.4, 0.5) is 5.69 Å². The number of rotatable bonds is 7. The second-order valence-electron chi connectivity index (χ2n) is 3.93. The van der Waals surface area contributed by atoms with Gasteiger partial charge in [-0.2, -0.15) is 0 Å². The molecule has 0 fully saturated rings. The molecule has 0 saturated carbocycles. The Labute approximate surface area is 113 Å². The molecule has 0 aliphatic rings. The van der Waals surface area contributed by atoms with Crippen LogP contribution in [0.2, 0.25) is 5.02 Å². The Morgan fingerprint density at radius 2 is 2.06 bits per heavy atom. The fourth-order valence-corrected chi connectivity index (χ4v) is 2.97. The molecule has 1 rings (SSSR count). The molecule has 0 aromatic heterocycles. The van der Waals surface area contributed by atoms with Gasteiger partial charge in [0.15, 0.2) is 9.84 Å². The highest BCUT2D eigenvalue weighted by molar-refractivity contribution is 7.91. The van der Waals surface area contributed by atoms with Gasteiger partial charge in [0.1, 0.15) is 5.75 Å². The third-order valence-corrected chi connectivity index (χ3v) is 4.58. The van der Waals surface area contributed by atoms with E-state index in [0.717, 1.165) is 5.69 Å². The van der Waals surface area contributed by atoms with Crippen molar-refractivity contribution in [1.29, 1.82) is 0 Å². The lowest BCUT2D eigenvalue weighted by Gasteiger charge is -2.09. The largest absolute Gasteiger partial charge is 0.495 e. The number of sulfone groups is 1. The predicted octanol–water partition coefficient (Wildman–Crippen LogP) is 2.59. The first kappa shape index (κ1) is 15.1. The van der Waals surface area contributed by atoms with Gasteiger partial charge < -0.3 is 10.1 Å². The molecule has 1 N–H and O–H groups in total. The van der Waals surface area contributed by atoms with E-state index in [0.29, 0.717) is 23.7 Å². The summed E-state index contributed by atoms with van der Waals surface area (Å²) >= 11 is 5.90. The van der Waals surface area contributed by atoms with Crippen molar-refractivity contribution in [2.75, 3.05) is 30.5 Å². The van der Waals surface area contributed by atoms with E-state index in [9.17, 15) is 8.42 Å². The third-order valence-electron chi connectivity index (χ3n) is 2.41. The Hall–Kier alpha value is -0.940. The van der Waals surface area contributed by atoms with Crippen LogP contribution in [0.1, 0.15) is 13.3 Å². The number of hydrogen-bond acceptors (Lipinski definition) is 4. The molecule has 0 spiro atoms. The Kier molecular flexibility index (Phi) is 5.75. The summed E-state index contributed by atoms with van der Waals surface area (Å²) in [4.78, 5) is 0. The summed E-state index contributed by atoms with van der Waals surface area (Å²) in [6.45, 7) is 2.24. The molecule has 0 heterocycles. The van der Waals surface area contributed by atoms with E-state index < -0.39 is 9.84 Å². The first-order valence-corrected chi connectivity index (χ1v) is 7.96. The fourth-order valence-electron chi connectivity index (χ4n) is 1.53. The van der Waals surface area contributed by atoms with Crippen molar-refractivity contribution in [3.8, 4) is 5.75 Å². The van der Waals surface area contributed by atoms with Gasteiger partial charge in [-0.3, -0.25) is 0 Å². The van der Waals surface area contributed by atoms with E-state index in [4.69, 9.17) is 16.3 Å². The highest BCUT2D eigenvalue weighted by Gasteiger charge is 2.08. The summed E-state index contributed by atoms with van der Waals surface area (Å²) < 4.78 is 28.1. The van der Waals surface area contributed by atoms with Gasteiger partial charge >= 0.3 is 0 Å². The van der Waals surface area contributed by atoms with Crippen LogP contribution in [0.3, 0.4) is 0 Å². The van der Waals surface area contributed by atoms with Crippen LogP contribution < -0.4 is 10.1 Å². The second kappa shape index (κ2) is 6.85. The molecule has 0 radical (unpaired) electrons. The third kappa shape index (κ3) is 4.74. The van der Waals surface area contributed by atoms with Crippen molar-refractivity contribution in [3.05, 3.63) is 23.2 Å². The Bertz CT molecular complexity index is 488. The topological polar surface area (TPSA) is 55.4 Å². The van der Waals surface area contributed by atoms with Gasteiger partial charge in [-0.15, -0.1) is 0 Å². The monoisotopic (exact) mass is 291 g/mol. The van der Waals surface area contributed by atoms with Crippen LogP contribution in [0.5, 0.6) is 5.75 Å². The van der Waals surface area contributed by atoms with Crippen LogP contribution in [-0.4, -0.2) is 33.6 Å². The number of halogens is 1. The quantitative estimate of drug-likeness (QED) is 0.839. The molecular weight excluding hydrogens is 274 g/mol. The van der Waals surface area contributed by atoms with Gasteiger partial charge in [-0.1, -0.05) is 18.5 Å². The molecule has 1 aromatic rings. The Morgan fingerprint density at radius 3 is 2.67 bits per heavy atom. The lowest BCUT2D eigenvalue weighted by molar-refractivity contribution is 0.415. The van der Waals surface area contributed by atoms with Gasteiger partial charge in [-0.05, 0) is 18.6 Å². The van der Waals surface area contributed by atoms with E-state index in [1.807, 2.05) is 6.92 Å². The molecule has 6 heteroatoms. The number of benzene rings is 1. The zero-order chi connectivity index (χ0) is 13.6. The van der Waals surface area contributed by atoms with Crippen LogP contribution in [0.15, 0.2) is 18.2 Å². The molecule has 18 heavy (non-hydrogen) atoms. The lowest BCUT2D eigenvalue weighted by Crippen LogP contribution is -2.18. The van der Waals surface area contributed by atoms with Crippen LogP contribution >= 0.6 is 11.6 Å². The van der Waals surface area contributed by atoms with E-state index in [1.54, 1.807) is 18.2 Å². The molecule has 1 aromatic carbocycles. The SMILES string of the molecule is CCCS(=O)(=O)CCNc1ccc(Cl)c(OC)c1. The maximum Gasteiger partial charge on any atom is 0.152 e. The average Bonchev–Trinajstić information content (AvgIpc) is 2.31. The normalized spacial score (nSPS) is 11.3. The van der Waals surface area contributed by atoms with Crippen molar-refractivity contribution >= 4 is 27.1 Å². The fraction of sp³-hybridized carbons (Fsp3) is 0.500. The van der Waals surface area contributed by atoms with Crippen LogP contribution in [0.25, 0.3) is 0 Å². The van der Waals surface area contributed by atoms with Gasteiger partial charge in [0.2, 0.25) is 0 Å². The van der Waals surface area contributed by atoms with Gasteiger partial charge in [0, 0.05) is 24.1 Å². The molecule has 102 valence electrons. The van der Waals surface area contributed by atoms with Crippen LogP contribution in [0, 0.1) is 0 Å². The summed E-state index contributed by atoms with van der Waals surface area (Å²) in [5, 5.41) is 3.57. The lowest BCUT2D eigenvalue weighted by atomic mass is 10.3. The molecule has 0 aliphatic heterocycles. The number of nitrogens with one attached hydrogen (secondary N) is 1. The second-order valence-corrected chi connectivity index (χ2v) is 6.64. The molecule has 4 nitrogen and oxygen atoms in total. The summed E-state index contributed by atoms with van der Waals surface area (Å²) in [5.41, 5.74) is 0.794. The minimum absolute atomic E-state index is 0.131. The summed E-state index contributed by atoms with van der Waals surface area (Å²) in [6, 6.07) is 5.25. The van der Waals surface area contributed by atoms with Crippen LogP contribution in [-0.2, 0) is 9.84 Å². The van der Waals surface area contributed by atoms with Crippen molar-refractivity contribution in [2.24, 2.45) is 0 Å². The zero-order valence-corrected chi connectivity index (χ0v) is 12.1. The van der Waals surface area contributed by atoms with Gasteiger partial charge in [-0.25, -0.2) is 8.42 Å². The summed E-state index contributed by atoms with van der Waals surface area (Å²) in [5.74, 6) is 0.933. The average molecular weight is 292 g/mol. The summed E-state index contributed by atoms with van der Waals surface area (Å²) in [7, 11) is -1.41. The molecule has 0 amide bonds. The van der Waals surface area contributed by atoms with E-state index in [1.165, 1.54) is 7.11 Å².